The largest absolute Gasteiger partial charge is 0.478 e. The fourth-order valence-electron chi connectivity index (χ4n) is 1.42. The van der Waals surface area contributed by atoms with E-state index in [1.807, 2.05) is 6.92 Å². The molecule has 2 heterocycles. The van der Waals surface area contributed by atoms with Crippen LogP contribution in [0.25, 0.3) is 0 Å². The van der Waals surface area contributed by atoms with E-state index in [0.717, 1.165) is 22.9 Å². The van der Waals surface area contributed by atoms with Crippen LogP contribution in [0.15, 0.2) is 12.4 Å². The minimum Gasteiger partial charge on any atom is -0.478 e. The zero-order chi connectivity index (χ0) is 13.1. The minimum atomic E-state index is -0.973. The van der Waals surface area contributed by atoms with Gasteiger partial charge in [0, 0.05) is 6.20 Å². The van der Waals surface area contributed by atoms with Gasteiger partial charge in [-0.25, -0.2) is 4.79 Å². The summed E-state index contributed by atoms with van der Waals surface area (Å²) in [7, 11) is 0. The van der Waals surface area contributed by atoms with Crippen LogP contribution in [0.5, 0.6) is 0 Å². The van der Waals surface area contributed by atoms with Crippen molar-refractivity contribution in [3.05, 3.63) is 35.0 Å². The Morgan fingerprint density at radius 2 is 2.17 bits per heavy atom. The van der Waals surface area contributed by atoms with E-state index in [9.17, 15) is 4.79 Å². The average Bonchev–Trinajstić information content (AvgIpc) is 2.70. The van der Waals surface area contributed by atoms with Crippen LogP contribution in [0.3, 0.4) is 0 Å². The predicted molar refractivity (Wildman–Crippen MR) is 67.9 cm³/mol. The van der Waals surface area contributed by atoms with Crippen LogP contribution in [0.4, 0.5) is 5.00 Å². The van der Waals surface area contributed by atoms with Crippen molar-refractivity contribution in [1.29, 1.82) is 0 Å². The second-order valence-electron chi connectivity index (χ2n) is 3.78. The number of aromatic carboxylic acids is 1. The number of aryl methyl sites for hydroxylation is 2. The number of hydrogen-bond acceptors (Lipinski definition) is 6. The normalized spacial score (nSPS) is 10.3. The first-order chi connectivity index (χ1) is 8.58. The van der Waals surface area contributed by atoms with E-state index >= 15 is 0 Å². The third kappa shape index (κ3) is 2.62. The highest BCUT2D eigenvalue weighted by Crippen LogP contribution is 2.24. The number of carboxylic acid groups (broad SMARTS) is 1. The molecule has 0 unspecified atom stereocenters. The Hall–Kier alpha value is -2.02. The highest BCUT2D eigenvalue weighted by molar-refractivity contribution is 7.10. The minimum absolute atomic E-state index is 0.222. The Labute approximate surface area is 108 Å². The number of carboxylic acids is 1. The van der Waals surface area contributed by atoms with E-state index in [1.54, 1.807) is 19.3 Å². The number of rotatable bonds is 4. The topological polar surface area (TPSA) is 88.0 Å². The molecule has 0 saturated heterocycles. The molecule has 0 atom stereocenters. The van der Waals surface area contributed by atoms with Gasteiger partial charge in [0.1, 0.15) is 10.6 Å². The van der Waals surface area contributed by atoms with Crippen molar-refractivity contribution in [3.63, 3.8) is 0 Å². The molecule has 0 aliphatic rings. The summed E-state index contributed by atoms with van der Waals surface area (Å²) in [5.41, 5.74) is 2.34. The molecule has 0 amide bonds. The van der Waals surface area contributed by atoms with Crippen LogP contribution in [0, 0.1) is 13.8 Å². The number of hydrogen-bond donors (Lipinski definition) is 2. The fourth-order valence-corrected chi connectivity index (χ4v) is 2.21. The van der Waals surface area contributed by atoms with Gasteiger partial charge in [-0.3, -0.25) is 9.97 Å². The standard InChI is InChI=1S/C11H12N4O2S/c1-6-3-13-8(4-12-6)5-14-10-9(11(16)17)7(2)15-18-10/h3-4,14H,5H2,1-2H3,(H,16,17). The molecule has 0 aromatic carbocycles. The Kier molecular flexibility index (Phi) is 3.52. The van der Waals surface area contributed by atoms with E-state index in [1.165, 1.54) is 0 Å². The van der Waals surface area contributed by atoms with Crippen molar-refractivity contribution in [2.45, 2.75) is 20.4 Å². The number of nitrogens with zero attached hydrogens (tertiary/aromatic N) is 3. The van der Waals surface area contributed by atoms with Crippen molar-refractivity contribution in [1.82, 2.24) is 14.3 Å². The van der Waals surface area contributed by atoms with E-state index in [-0.39, 0.29) is 5.56 Å². The Morgan fingerprint density at radius 1 is 1.39 bits per heavy atom. The Bertz CT molecular complexity index is 565. The van der Waals surface area contributed by atoms with E-state index < -0.39 is 5.97 Å². The summed E-state index contributed by atoms with van der Waals surface area (Å²) in [6.45, 7) is 3.96. The summed E-state index contributed by atoms with van der Waals surface area (Å²) >= 11 is 1.14. The van der Waals surface area contributed by atoms with Crippen molar-refractivity contribution in [2.75, 3.05) is 5.32 Å². The summed E-state index contributed by atoms with van der Waals surface area (Å²) in [6, 6.07) is 0. The van der Waals surface area contributed by atoms with Gasteiger partial charge >= 0.3 is 5.97 Å². The van der Waals surface area contributed by atoms with Crippen molar-refractivity contribution < 1.29 is 9.90 Å². The molecule has 0 saturated carbocycles. The summed E-state index contributed by atoms with van der Waals surface area (Å²) in [4.78, 5) is 19.4. The number of carbonyl (C=O) groups is 1. The van der Waals surface area contributed by atoms with Crippen LogP contribution in [0.2, 0.25) is 0 Å². The first-order valence-corrected chi connectivity index (χ1v) is 6.06. The van der Waals surface area contributed by atoms with Crippen molar-refractivity contribution >= 4 is 22.5 Å². The molecule has 0 aliphatic carbocycles. The van der Waals surface area contributed by atoms with E-state index in [2.05, 4.69) is 19.7 Å². The summed E-state index contributed by atoms with van der Waals surface area (Å²) in [5.74, 6) is -0.973. The summed E-state index contributed by atoms with van der Waals surface area (Å²) in [6.07, 6.45) is 3.34. The van der Waals surface area contributed by atoms with Crippen LogP contribution in [0.1, 0.15) is 27.4 Å². The second kappa shape index (κ2) is 5.09. The third-order valence-corrected chi connectivity index (χ3v) is 3.24. The van der Waals surface area contributed by atoms with E-state index in [0.29, 0.717) is 17.2 Å². The molecule has 0 spiro atoms. The van der Waals surface area contributed by atoms with Gasteiger partial charge in [-0.15, -0.1) is 0 Å². The zero-order valence-electron chi connectivity index (χ0n) is 9.97. The first-order valence-electron chi connectivity index (χ1n) is 5.29. The summed E-state index contributed by atoms with van der Waals surface area (Å²) < 4.78 is 4.03. The molecule has 2 rings (SSSR count). The van der Waals surface area contributed by atoms with Gasteiger partial charge in [0.15, 0.2) is 0 Å². The molecule has 2 aromatic heterocycles. The molecule has 0 fully saturated rings. The maximum absolute atomic E-state index is 11.1. The number of anilines is 1. The predicted octanol–water partition coefficient (Wildman–Crippen LogP) is 1.86. The molecule has 7 heteroatoms. The molecule has 6 nitrogen and oxygen atoms in total. The van der Waals surface area contributed by atoms with Gasteiger partial charge < -0.3 is 10.4 Å². The number of aromatic nitrogens is 3. The molecule has 18 heavy (non-hydrogen) atoms. The van der Waals surface area contributed by atoms with E-state index in [4.69, 9.17) is 5.11 Å². The summed E-state index contributed by atoms with van der Waals surface area (Å²) in [5, 5.41) is 12.6. The Balaban J connectivity index is 2.11. The lowest BCUT2D eigenvalue weighted by Crippen LogP contribution is -2.06. The molecule has 0 bridgehead atoms. The van der Waals surface area contributed by atoms with Gasteiger partial charge in [0.2, 0.25) is 0 Å². The lowest BCUT2D eigenvalue weighted by Gasteiger charge is -2.04. The molecular weight excluding hydrogens is 252 g/mol. The van der Waals surface area contributed by atoms with Crippen molar-refractivity contribution in [3.8, 4) is 0 Å². The van der Waals surface area contributed by atoms with Gasteiger partial charge in [-0.1, -0.05) is 0 Å². The maximum atomic E-state index is 11.1. The van der Waals surface area contributed by atoms with Crippen LogP contribution >= 0.6 is 11.5 Å². The first kappa shape index (κ1) is 12.4. The van der Waals surface area contributed by atoms with Crippen molar-refractivity contribution in [2.24, 2.45) is 0 Å². The van der Waals surface area contributed by atoms with Crippen LogP contribution in [-0.4, -0.2) is 25.4 Å². The molecule has 94 valence electrons. The highest BCUT2D eigenvalue weighted by Gasteiger charge is 2.17. The molecule has 0 aliphatic heterocycles. The van der Waals surface area contributed by atoms with Crippen LogP contribution in [-0.2, 0) is 6.54 Å². The maximum Gasteiger partial charge on any atom is 0.340 e. The van der Waals surface area contributed by atoms with Gasteiger partial charge in [-0.05, 0) is 25.4 Å². The molecule has 0 radical (unpaired) electrons. The van der Waals surface area contributed by atoms with Crippen LogP contribution < -0.4 is 5.32 Å². The number of nitrogens with one attached hydrogen (secondary N) is 1. The van der Waals surface area contributed by atoms with Gasteiger partial charge in [-0.2, -0.15) is 4.37 Å². The Morgan fingerprint density at radius 3 is 2.78 bits per heavy atom. The highest BCUT2D eigenvalue weighted by atomic mass is 32.1. The third-order valence-electron chi connectivity index (χ3n) is 2.34. The molecule has 2 aromatic rings. The fraction of sp³-hybridized carbons (Fsp3) is 0.273. The average molecular weight is 264 g/mol. The molecule has 2 N–H and O–H groups in total. The quantitative estimate of drug-likeness (QED) is 0.876. The molecular formula is C11H12N4O2S. The monoisotopic (exact) mass is 264 g/mol. The zero-order valence-corrected chi connectivity index (χ0v) is 10.8. The lowest BCUT2D eigenvalue weighted by molar-refractivity contribution is 0.0697. The second-order valence-corrected chi connectivity index (χ2v) is 4.55. The smallest absolute Gasteiger partial charge is 0.340 e. The lowest BCUT2D eigenvalue weighted by atomic mass is 10.2. The SMILES string of the molecule is Cc1cnc(CNc2snc(C)c2C(=O)O)cn1. The van der Waals surface area contributed by atoms with Gasteiger partial charge in [0.25, 0.3) is 0 Å². The van der Waals surface area contributed by atoms with Gasteiger partial charge in [0.05, 0.1) is 29.8 Å².